The minimum atomic E-state index is 0.0324. The van der Waals surface area contributed by atoms with Crippen LogP contribution >= 0.6 is 0 Å². The fourth-order valence-electron chi connectivity index (χ4n) is 0. The van der Waals surface area contributed by atoms with Crippen molar-refractivity contribution in [2.24, 2.45) is 11.7 Å². The van der Waals surface area contributed by atoms with Crippen molar-refractivity contribution in [3.63, 3.8) is 0 Å². The molecule has 2 heteroatoms. The highest BCUT2D eigenvalue weighted by molar-refractivity contribution is 5.77. The van der Waals surface area contributed by atoms with Crippen LogP contribution in [0, 0.1) is 5.92 Å². The van der Waals surface area contributed by atoms with Crippen molar-refractivity contribution in [1.82, 2.24) is 0 Å². The van der Waals surface area contributed by atoms with Crippen LogP contribution in [0.3, 0.4) is 0 Å². The van der Waals surface area contributed by atoms with E-state index in [1.165, 1.54) is 13.3 Å². The van der Waals surface area contributed by atoms with Gasteiger partial charge in [0.1, 0.15) is 5.78 Å². The van der Waals surface area contributed by atoms with Gasteiger partial charge in [-0.25, -0.2) is 0 Å². The lowest BCUT2D eigenvalue weighted by atomic mass is 10.3. The van der Waals surface area contributed by atoms with Crippen molar-refractivity contribution in [2.75, 3.05) is 6.54 Å². The highest BCUT2D eigenvalue weighted by Gasteiger charge is 1.76. The molecule has 12 heavy (non-hydrogen) atoms. The van der Waals surface area contributed by atoms with E-state index in [0.717, 1.165) is 5.92 Å². The predicted octanol–water partition coefficient (Wildman–Crippen LogP) is 2.61. The molecule has 0 saturated heterocycles. The van der Waals surface area contributed by atoms with E-state index in [1.54, 1.807) is 0 Å². The average Bonchev–Trinajstić information content (AvgIpc) is 1.88. The van der Waals surface area contributed by atoms with Gasteiger partial charge in [0.05, 0.1) is 6.54 Å². The molecule has 76 valence electrons. The van der Waals surface area contributed by atoms with Gasteiger partial charge in [0.25, 0.3) is 0 Å². The zero-order chi connectivity index (χ0) is 10.6. The SMILES string of the molecule is CC(=O)CN.CC(C)C.CCC. The Labute approximate surface area is 77.5 Å². The molecular formula is C10H25NO. The first-order valence-corrected chi connectivity index (χ1v) is 4.61. The molecule has 0 aliphatic rings. The van der Waals surface area contributed by atoms with Crippen molar-refractivity contribution in [1.29, 1.82) is 0 Å². The van der Waals surface area contributed by atoms with Crippen LogP contribution in [0.15, 0.2) is 0 Å². The molecule has 0 atom stereocenters. The van der Waals surface area contributed by atoms with E-state index in [9.17, 15) is 4.79 Å². The van der Waals surface area contributed by atoms with E-state index in [2.05, 4.69) is 34.6 Å². The molecule has 0 saturated carbocycles. The van der Waals surface area contributed by atoms with E-state index >= 15 is 0 Å². The van der Waals surface area contributed by atoms with Crippen molar-refractivity contribution in [2.45, 2.75) is 48.0 Å². The fraction of sp³-hybridized carbons (Fsp3) is 0.900. The van der Waals surface area contributed by atoms with Crippen LogP contribution < -0.4 is 5.73 Å². The smallest absolute Gasteiger partial charge is 0.143 e. The zero-order valence-corrected chi connectivity index (χ0v) is 9.48. The Balaban J connectivity index is -0.000000105. The second-order valence-electron chi connectivity index (χ2n) is 3.35. The molecule has 0 bridgehead atoms. The number of rotatable bonds is 1. The van der Waals surface area contributed by atoms with Crippen LogP contribution in [-0.4, -0.2) is 12.3 Å². The number of carbonyl (C=O) groups is 1. The van der Waals surface area contributed by atoms with Crippen LogP contribution in [0.5, 0.6) is 0 Å². The topological polar surface area (TPSA) is 43.1 Å². The number of hydrogen-bond donors (Lipinski definition) is 1. The maximum Gasteiger partial charge on any atom is 0.143 e. The largest absolute Gasteiger partial charge is 0.324 e. The predicted molar refractivity (Wildman–Crippen MR) is 56.2 cm³/mol. The number of carbonyl (C=O) groups excluding carboxylic acids is 1. The number of ketones is 1. The minimum Gasteiger partial charge on any atom is -0.324 e. The van der Waals surface area contributed by atoms with Crippen LogP contribution in [0.2, 0.25) is 0 Å². The lowest BCUT2D eigenvalue weighted by molar-refractivity contribution is -0.115. The minimum absolute atomic E-state index is 0.0324. The van der Waals surface area contributed by atoms with Crippen LogP contribution in [0.25, 0.3) is 0 Å². The first-order valence-electron chi connectivity index (χ1n) is 4.61. The molecule has 0 aliphatic carbocycles. The molecule has 0 aromatic carbocycles. The molecular weight excluding hydrogens is 150 g/mol. The van der Waals surface area contributed by atoms with Gasteiger partial charge in [-0.2, -0.15) is 0 Å². The first-order chi connectivity index (χ1) is 5.42. The van der Waals surface area contributed by atoms with Crippen LogP contribution in [-0.2, 0) is 4.79 Å². The lowest BCUT2D eigenvalue weighted by Crippen LogP contribution is -2.07. The van der Waals surface area contributed by atoms with Gasteiger partial charge in [0.2, 0.25) is 0 Å². The van der Waals surface area contributed by atoms with Crippen molar-refractivity contribution >= 4 is 5.78 Å². The highest BCUT2D eigenvalue weighted by Crippen LogP contribution is 1.81. The third-order valence-corrected chi connectivity index (χ3v) is 0.287. The van der Waals surface area contributed by atoms with E-state index in [1.807, 2.05) is 0 Å². The molecule has 0 rings (SSSR count). The third-order valence-electron chi connectivity index (χ3n) is 0.287. The zero-order valence-electron chi connectivity index (χ0n) is 9.48. The molecule has 0 fully saturated rings. The fourth-order valence-corrected chi connectivity index (χ4v) is 0. The van der Waals surface area contributed by atoms with Gasteiger partial charge >= 0.3 is 0 Å². The van der Waals surface area contributed by atoms with E-state index < -0.39 is 0 Å². The first kappa shape index (κ1) is 17.6. The summed E-state index contributed by atoms with van der Waals surface area (Å²) in [5, 5.41) is 0. The Morgan fingerprint density at radius 3 is 1.33 bits per heavy atom. The van der Waals surface area contributed by atoms with Crippen molar-refractivity contribution in [3.05, 3.63) is 0 Å². The summed E-state index contributed by atoms with van der Waals surface area (Å²) in [6, 6.07) is 0. The number of Topliss-reactive ketones (excluding diaryl/α,β-unsaturated/α-hetero) is 1. The summed E-state index contributed by atoms with van der Waals surface area (Å²) in [6.45, 7) is 12.4. The summed E-state index contributed by atoms with van der Waals surface area (Å²) in [5.41, 5.74) is 4.82. The van der Waals surface area contributed by atoms with Crippen LogP contribution in [0.1, 0.15) is 48.0 Å². The maximum absolute atomic E-state index is 9.69. The standard InChI is InChI=1S/C4H10.C3H7NO.C3H8/c1-4(2)3;1-3(5)2-4;1-3-2/h4H,1-3H3;2,4H2,1H3;3H2,1-2H3. The molecule has 0 amide bonds. The van der Waals surface area contributed by atoms with Gasteiger partial charge in [0.15, 0.2) is 0 Å². The molecule has 2 nitrogen and oxygen atoms in total. The Bertz CT molecular complexity index is 77.2. The summed E-state index contributed by atoms with van der Waals surface area (Å²) in [7, 11) is 0. The van der Waals surface area contributed by atoms with Gasteiger partial charge in [0, 0.05) is 0 Å². The molecule has 0 aromatic heterocycles. The summed E-state index contributed by atoms with van der Waals surface area (Å²) >= 11 is 0. The van der Waals surface area contributed by atoms with Gasteiger partial charge in [-0.05, 0) is 12.8 Å². The second kappa shape index (κ2) is 16.9. The molecule has 0 radical (unpaired) electrons. The van der Waals surface area contributed by atoms with Gasteiger partial charge in [-0.3, -0.25) is 4.79 Å². The number of nitrogens with two attached hydrogens (primary N) is 1. The monoisotopic (exact) mass is 175 g/mol. The molecule has 0 aliphatic heterocycles. The molecule has 0 spiro atoms. The molecule has 0 heterocycles. The highest BCUT2D eigenvalue weighted by atomic mass is 16.1. The summed E-state index contributed by atoms with van der Waals surface area (Å²) in [4.78, 5) is 9.69. The molecule has 0 aromatic rings. The quantitative estimate of drug-likeness (QED) is 0.665. The van der Waals surface area contributed by atoms with E-state index in [-0.39, 0.29) is 12.3 Å². The summed E-state index contributed by atoms with van der Waals surface area (Å²) in [6.07, 6.45) is 1.25. The Hall–Kier alpha value is -0.370. The summed E-state index contributed by atoms with van der Waals surface area (Å²) in [5.74, 6) is 0.866. The summed E-state index contributed by atoms with van der Waals surface area (Å²) < 4.78 is 0. The average molecular weight is 175 g/mol. The van der Waals surface area contributed by atoms with Gasteiger partial charge < -0.3 is 5.73 Å². The van der Waals surface area contributed by atoms with Gasteiger partial charge in [-0.15, -0.1) is 0 Å². The molecule has 2 N–H and O–H groups in total. The van der Waals surface area contributed by atoms with Crippen LogP contribution in [0.4, 0.5) is 0 Å². The Morgan fingerprint density at radius 1 is 1.25 bits per heavy atom. The van der Waals surface area contributed by atoms with E-state index in [4.69, 9.17) is 5.73 Å². The van der Waals surface area contributed by atoms with Gasteiger partial charge in [-0.1, -0.05) is 41.0 Å². The van der Waals surface area contributed by atoms with E-state index in [0.29, 0.717) is 0 Å². The van der Waals surface area contributed by atoms with Crippen molar-refractivity contribution in [3.8, 4) is 0 Å². The normalized spacial score (nSPS) is 7.67. The Morgan fingerprint density at radius 2 is 1.33 bits per heavy atom. The third kappa shape index (κ3) is 270. The second-order valence-corrected chi connectivity index (χ2v) is 3.35. The van der Waals surface area contributed by atoms with Crippen molar-refractivity contribution < 1.29 is 4.79 Å². The number of hydrogen-bond acceptors (Lipinski definition) is 2. The molecule has 0 unspecified atom stereocenters. The Kier molecular flexibility index (Phi) is 24.9. The maximum atomic E-state index is 9.69. The lowest BCUT2D eigenvalue weighted by Gasteiger charge is -1.79.